The van der Waals surface area contributed by atoms with Gasteiger partial charge in [-0.05, 0) is 26.7 Å². The Morgan fingerprint density at radius 3 is 2.43 bits per heavy atom. The van der Waals surface area contributed by atoms with Crippen LogP contribution in [0.25, 0.3) is 0 Å². The summed E-state index contributed by atoms with van der Waals surface area (Å²) in [6.45, 7) is 3.53. The number of hydrogen-bond donors (Lipinski definition) is 0. The summed E-state index contributed by atoms with van der Waals surface area (Å²) in [6, 6.07) is 0. The third-order valence-corrected chi connectivity index (χ3v) is 2.14. The monoisotopic (exact) mass is 202 g/mol. The van der Waals surface area contributed by atoms with E-state index in [0.29, 0.717) is 0 Å². The van der Waals surface area contributed by atoms with Gasteiger partial charge in [-0.15, -0.1) is 0 Å². The Morgan fingerprint density at radius 1 is 1.21 bits per heavy atom. The second kappa shape index (κ2) is 5.86. The molecule has 1 aliphatic rings. The minimum atomic E-state index is -0.745. The van der Waals surface area contributed by atoms with Gasteiger partial charge in [-0.1, -0.05) is 19.3 Å². The van der Waals surface area contributed by atoms with Crippen LogP contribution in [0.4, 0.5) is 4.79 Å². The smallest absolute Gasteiger partial charge is 0.430 e. The first-order chi connectivity index (χ1) is 6.68. The normalized spacial score (nSPS) is 18.2. The van der Waals surface area contributed by atoms with E-state index in [-0.39, 0.29) is 12.2 Å². The summed E-state index contributed by atoms with van der Waals surface area (Å²) in [5.74, 6) is 0. The summed E-state index contributed by atoms with van der Waals surface area (Å²) in [5, 5.41) is 0. The molecular weight excluding hydrogens is 184 g/mol. The molecule has 4 heteroatoms. The van der Waals surface area contributed by atoms with Crippen LogP contribution in [0.5, 0.6) is 0 Å². The van der Waals surface area contributed by atoms with Gasteiger partial charge in [0, 0.05) is 0 Å². The van der Waals surface area contributed by atoms with Gasteiger partial charge in [-0.2, -0.15) is 4.89 Å². The van der Waals surface area contributed by atoms with E-state index in [4.69, 9.17) is 9.62 Å². The maximum absolute atomic E-state index is 10.9. The number of carbonyl (C=O) groups excluding carboxylic acids is 1. The third kappa shape index (κ3) is 4.46. The van der Waals surface area contributed by atoms with Gasteiger partial charge < -0.3 is 4.74 Å². The molecular formula is C10H18O4. The zero-order valence-corrected chi connectivity index (χ0v) is 8.82. The van der Waals surface area contributed by atoms with E-state index in [2.05, 4.69) is 4.89 Å². The first-order valence-electron chi connectivity index (χ1n) is 5.22. The second-order valence-electron chi connectivity index (χ2n) is 3.86. The summed E-state index contributed by atoms with van der Waals surface area (Å²) in [4.78, 5) is 20.4. The van der Waals surface area contributed by atoms with Crippen molar-refractivity contribution < 1.29 is 19.3 Å². The molecule has 0 atom stereocenters. The van der Waals surface area contributed by atoms with E-state index in [1.807, 2.05) is 0 Å². The van der Waals surface area contributed by atoms with Gasteiger partial charge >= 0.3 is 6.16 Å². The number of carbonyl (C=O) groups is 1. The Kier molecular flexibility index (Phi) is 4.73. The van der Waals surface area contributed by atoms with Crippen molar-refractivity contribution in [2.45, 2.75) is 58.2 Å². The van der Waals surface area contributed by atoms with Crippen molar-refractivity contribution in [2.75, 3.05) is 0 Å². The van der Waals surface area contributed by atoms with E-state index >= 15 is 0 Å². The molecule has 1 saturated carbocycles. The number of hydrogen-bond acceptors (Lipinski definition) is 4. The summed E-state index contributed by atoms with van der Waals surface area (Å²) < 4.78 is 4.76. The molecule has 0 N–H and O–H groups in total. The molecule has 1 fully saturated rings. The van der Waals surface area contributed by atoms with Crippen LogP contribution in [-0.4, -0.2) is 18.4 Å². The molecule has 0 spiro atoms. The summed E-state index contributed by atoms with van der Waals surface area (Å²) in [7, 11) is 0. The lowest BCUT2D eigenvalue weighted by Gasteiger charge is -2.19. The van der Waals surface area contributed by atoms with Gasteiger partial charge in [0.2, 0.25) is 0 Å². The van der Waals surface area contributed by atoms with Crippen molar-refractivity contribution >= 4 is 6.16 Å². The third-order valence-electron chi connectivity index (χ3n) is 2.14. The maximum atomic E-state index is 10.9. The fourth-order valence-electron chi connectivity index (χ4n) is 1.48. The zero-order valence-electron chi connectivity index (χ0n) is 8.82. The minimum Gasteiger partial charge on any atom is -0.430 e. The van der Waals surface area contributed by atoms with Crippen molar-refractivity contribution in [1.82, 2.24) is 0 Å². The highest BCUT2D eigenvalue weighted by molar-refractivity contribution is 5.59. The Labute approximate surface area is 84.4 Å². The first kappa shape index (κ1) is 11.3. The maximum Gasteiger partial charge on any atom is 0.540 e. The summed E-state index contributed by atoms with van der Waals surface area (Å²) in [5.41, 5.74) is 0. The Balaban J connectivity index is 2.09. The van der Waals surface area contributed by atoms with Gasteiger partial charge in [0.1, 0.15) is 6.10 Å². The molecule has 1 rings (SSSR count). The van der Waals surface area contributed by atoms with Crippen LogP contribution in [0.1, 0.15) is 46.0 Å². The Morgan fingerprint density at radius 2 is 1.86 bits per heavy atom. The predicted octanol–water partition coefficient (Wildman–Crippen LogP) is 2.81. The molecule has 0 aromatic carbocycles. The van der Waals surface area contributed by atoms with Crippen LogP contribution in [0, 0.1) is 0 Å². The average Bonchev–Trinajstić information content (AvgIpc) is 2.15. The lowest BCUT2D eigenvalue weighted by atomic mass is 9.98. The number of ether oxygens (including phenoxy) is 1. The molecule has 0 aliphatic heterocycles. The Hall–Kier alpha value is -0.770. The van der Waals surface area contributed by atoms with Crippen LogP contribution >= 0.6 is 0 Å². The molecule has 4 nitrogen and oxygen atoms in total. The zero-order chi connectivity index (χ0) is 10.4. The first-order valence-corrected chi connectivity index (χ1v) is 5.22. The molecule has 0 bridgehead atoms. The van der Waals surface area contributed by atoms with E-state index in [9.17, 15) is 4.79 Å². The molecule has 0 radical (unpaired) electrons. The van der Waals surface area contributed by atoms with Gasteiger partial charge in [-0.25, -0.2) is 4.79 Å². The van der Waals surface area contributed by atoms with Gasteiger partial charge in [0.15, 0.2) is 0 Å². The van der Waals surface area contributed by atoms with E-state index in [1.165, 1.54) is 6.42 Å². The highest BCUT2D eigenvalue weighted by atomic mass is 17.2. The van der Waals surface area contributed by atoms with Gasteiger partial charge in [-0.3, -0.25) is 4.89 Å². The van der Waals surface area contributed by atoms with E-state index in [0.717, 1.165) is 25.7 Å². The van der Waals surface area contributed by atoms with Crippen LogP contribution in [0.2, 0.25) is 0 Å². The van der Waals surface area contributed by atoms with E-state index in [1.54, 1.807) is 13.8 Å². The summed E-state index contributed by atoms with van der Waals surface area (Å²) in [6.07, 6.45) is 4.62. The quantitative estimate of drug-likeness (QED) is 0.401. The molecule has 0 unspecified atom stereocenters. The van der Waals surface area contributed by atoms with Crippen LogP contribution in [0.15, 0.2) is 0 Å². The standard InChI is InChI=1S/C10H18O4/c1-8(2)12-10(11)14-13-9-6-4-3-5-7-9/h8-9H,3-7H2,1-2H3. The van der Waals surface area contributed by atoms with Gasteiger partial charge in [0.05, 0.1) is 6.10 Å². The lowest BCUT2D eigenvalue weighted by Crippen LogP contribution is -2.21. The van der Waals surface area contributed by atoms with Gasteiger partial charge in [0.25, 0.3) is 0 Å². The molecule has 0 aromatic rings. The minimum absolute atomic E-state index is 0.0588. The highest BCUT2D eigenvalue weighted by Gasteiger charge is 2.17. The molecule has 0 heterocycles. The van der Waals surface area contributed by atoms with Crippen LogP contribution in [-0.2, 0) is 14.5 Å². The Bertz CT molecular complexity index is 173. The van der Waals surface area contributed by atoms with Crippen LogP contribution in [0.3, 0.4) is 0 Å². The van der Waals surface area contributed by atoms with Crippen molar-refractivity contribution in [3.05, 3.63) is 0 Å². The van der Waals surface area contributed by atoms with Crippen LogP contribution < -0.4 is 0 Å². The molecule has 14 heavy (non-hydrogen) atoms. The van der Waals surface area contributed by atoms with E-state index < -0.39 is 6.16 Å². The molecule has 0 aromatic heterocycles. The topological polar surface area (TPSA) is 44.8 Å². The second-order valence-corrected chi connectivity index (χ2v) is 3.86. The fraction of sp³-hybridized carbons (Fsp3) is 0.900. The fourth-order valence-corrected chi connectivity index (χ4v) is 1.48. The molecule has 0 saturated heterocycles. The van der Waals surface area contributed by atoms with Crippen molar-refractivity contribution in [3.63, 3.8) is 0 Å². The number of rotatable bonds is 3. The largest absolute Gasteiger partial charge is 0.540 e. The highest BCUT2D eigenvalue weighted by Crippen LogP contribution is 2.20. The van der Waals surface area contributed by atoms with Crippen molar-refractivity contribution in [1.29, 1.82) is 0 Å². The molecule has 82 valence electrons. The molecule has 1 aliphatic carbocycles. The average molecular weight is 202 g/mol. The lowest BCUT2D eigenvalue weighted by molar-refractivity contribution is -0.292. The summed E-state index contributed by atoms with van der Waals surface area (Å²) >= 11 is 0. The predicted molar refractivity (Wildman–Crippen MR) is 50.7 cm³/mol. The van der Waals surface area contributed by atoms with Crippen molar-refractivity contribution in [3.8, 4) is 0 Å². The SMILES string of the molecule is CC(C)OC(=O)OOC1CCCCC1. The van der Waals surface area contributed by atoms with Crippen molar-refractivity contribution in [2.24, 2.45) is 0 Å². The molecule has 0 amide bonds.